The molecule has 4 aromatic rings. The van der Waals surface area contributed by atoms with E-state index in [1.165, 1.54) is 11.3 Å². The van der Waals surface area contributed by atoms with Crippen molar-refractivity contribution in [2.75, 3.05) is 12.4 Å². The lowest BCUT2D eigenvalue weighted by Gasteiger charge is -2.10. The highest BCUT2D eigenvalue weighted by atomic mass is 35.5. The summed E-state index contributed by atoms with van der Waals surface area (Å²) in [7, 11) is 1.60. The Balaban J connectivity index is 1.51. The van der Waals surface area contributed by atoms with E-state index < -0.39 is 0 Å². The Morgan fingerprint density at radius 3 is 2.64 bits per heavy atom. The lowest BCUT2D eigenvalue weighted by Crippen LogP contribution is -2.33. The number of halogens is 1. The molecule has 4 nitrogen and oxygen atoms in total. The van der Waals surface area contributed by atoms with Crippen molar-refractivity contribution in [1.82, 2.24) is 5.32 Å². The highest BCUT2D eigenvalue weighted by Gasteiger charge is 2.18. The number of ether oxygens (including phenoxy) is 1. The van der Waals surface area contributed by atoms with Crippen molar-refractivity contribution in [1.29, 1.82) is 0 Å². The molecule has 0 saturated heterocycles. The molecule has 4 rings (SSSR count). The van der Waals surface area contributed by atoms with Gasteiger partial charge in [0, 0.05) is 15.8 Å². The van der Waals surface area contributed by atoms with Gasteiger partial charge in [-0.25, -0.2) is 0 Å². The number of thiophene rings is 1. The largest absolute Gasteiger partial charge is 0.497 e. The number of amides is 1. The fourth-order valence-corrected chi connectivity index (χ4v) is 4.56. The third-order valence-electron chi connectivity index (χ3n) is 4.28. The summed E-state index contributed by atoms with van der Waals surface area (Å²) >= 11 is 13.0. The number of hydrogen-bond acceptors (Lipinski definition) is 4. The van der Waals surface area contributed by atoms with E-state index in [9.17, 15) is 4.79 Å². The van der Waals surface area contributed by atoms with Gasteiger partial charge in [0.1, 0.15) is 10.6 Å². The maximum absolute atomic E-state index is 12.7. The molecule has 0 aliphatic carbocycles. The molecule has 7 heteroatoms. The molecule has 0 unspecified atom stereocenters. The van der Waals surface area contributed by atoms with Crippen LogP contribution in [0.2, 0.25) is 5.02 Å². The van der Waals surface area contributed by atoms with Crippen LogP contribution in [0.15, 0.2) is 60.7 Å². The molecule has 1 heterocycles. The summed E-state index contributed by atoms with van der Waals surface area (Å²) < 4.78 is 6.10. The SMILES string of the molecule is COc1ccc2c(Cl)c(C(=O)NC(=S)Nc3ccc4ccccc4c3)sc2c1. The number of carbonyl (C=O) groups excluding carboxylic acids is 1. The number of anilines is 1. The van der Waals surface area contributed by atoms with Crippen LogP contribution < -0.4 is 15.4 Å². The first-order chi connectivity index (χ1) is 13.5. The molecular formula is C21H15ClN2O2S2. The average Bonchev–Trinajstić information content (AvgIpc) is 3.03. The maximum Gasteiger partial charge on any atom is 0.269 e. The zero-order chi connectivity index (χ0) is 19.7. The van der Waals surface area contributed by atoms with E-state index in [4.69, 9.17) is 28.6 Å². The van der Waals surface area contributed by atoms with Crippen molar-refractivity contribution in [2.45, 2.75) is 0 Å². The van der Waals surface area contributed by atoms with Gasteiger partial charge in [0.05, 0.1) is 12.1 Å². The third kappa shape index (κ3) is 3.67. The fourth-order valence-electron chi connectivity index (χ4n) is 2.91. The first-order valence-corrected chi connectivity index (χ1v) is 10.0. The number of hydrogen-bond donors (Lipinski definition) is 2. The first-order valence-electron chi connectivity index (χ1n) is 8.42. The van der Waals surface area contributed by atoms with Gasteiger partial charge in [-0.2, -0.15) is 0 Å². The summed E-state index contributed by atoms with van der Waals surface area (Å²) in [6.07, 6.45) is 0. The number of rotatable bonds is 3. The molecule has 0 spiro atoms. The average molecular weight is 427 g/mol. The van der Waals surface area contributed by atoms with Gasteiger partial charge < -0.3 is 10.1 Å². The van der Waals surface area contributed by atoms with Gasteiger partial charge in [0.15, 0.2) is 5.11 Å². The van der Waals surface area contributed by atoms with Crippen molar-refractivity contribution in [3.8, 4) is 5.75 Å². The number of thiocarbonyl (C=S) groups is 1. The smallest absolute Gasteiger partial charge is 0.269 e. The van der Waals surface area contributed by atoms with E-state index >= 15 is 0 Å². The molecule has 1 amide bonds. The van der Waals surface area contributed by atoms with Crippen LogP contribution in [0, 0.1) is 0 Å². The molecule has 0 bridgehead atoms. The number of fused-ring (bicyclic) bond motifs is 2. The Hall–Kier alpha value is -2.67. The third-order valence-corrected chi connectivity index (χ3v) is 6.14. The Labute approximate surface area is 176 Å². The van der Waals surface area contributed by atoms with Crippen LogP contribution in [0.4, 0.5) is 5.69 Å². The van der Waals surface area contributed by atoms with E-state index in [-0.39, 0.29) is 11.0 Å². The van der Waals surface area contributed by atoms with E-state index in [1.807, 2.05) is 60.7 Å². The van der Waals surface area contributed by atoms with E-state index in [0.717, 1.165) is 26.5 Å². The summed E-state index contributed by atoms with van der Waals surface area (Å²) in [5.74, 6) is 0.370. The fraction of sp³-hybridized carbons (Fsp3) is 0.0476. The van der Waals surface area contributed by atoms with Crippen LogP contribution in [0.3, 0.4) is 0 Å². The van der Waals surface area contributed by atoms with Crippen LogP contribution >= 0.6 is 35.2 Å². The highest BCUT2D eigenvalue weighted by molar-refractivity contribution is 7.80. The van der Waals surface area contributed by atoms with Gasteiger partial charge in [0.2, 0.25) is 0 Å². The van der Waals surface area contributed by atoms with Crippen LogP contribution in [-0.2, 0) is 0 Å². The molecule has 0 saturated carbocycles. The molecular weight excluding hydrogens is 412 g/mol. The second kappa shape index (κ2) is 7.75. The zero-order valence-corrected chi connectivity index (χ0v) is 17.2. The molecule has 0 radical (unpaired) electrons. The molecule has 140 valence electrons. The predicted octanol–water partition coefficient (Wildman–Crippen LogP) is 5.84. The van der Waals surface area contributed by atoms with Gasteiger partial charge in [-0.3, -0.25) is 10.1 Å². The molecule has 3 aromatic carbocycles. The summed E-state index contributed by atoms with van der Waals surface area (Å²) in [5, 5.41) is 9.40. The molecule has 0 fully saturated rings. The highest BCUT2D eigenvalue weighted by Crippen LogP contribution is 2.37. The van der Waals surface area contributed by atoms with Crippen molar-refractivity contribution in [2.24, 2.45) is 0 Å². The number of benzene rings is 3. The van der Waals surface area contributed by atoms with Gasteiger partial charge >= 0.3 is 0 Å². The minimum atomic E-state index is -0.344. The summed E-state index contributed by atoms with van der Waals surface area (Å²) in [4.78, 5) is 13.1. The molecule has 0 aliphatic heterocycles. The monoisotopic (exact) mass is 426 g/mol. The standard InChI is InChI=1S/C21H15ClN2O2S2/c1-26-15-8-9-16-17(11-15)28-19(18(16)22)20(25)24-21(27)23-14-7-6-12-4-2-3-5-13(12)10-14/h2-11H,1H3,(H2,23,24,25,27). The zero-order valence-electron chi connectivity index (χ0n) is 14.8. The normalized spacial score (nSPS) is 10.8. The number of carbonyl (C=O) groups is 1. The molecule has 0 atom stereocenters. The Morgan fingerprint density at radius 2 is 1.86 bits per heavy atom. The predicted molar refractivity (Wildman–Crippen MR) is 121 cm³/mol. The number of nitrogens with one attached hydrogen (secondary N) is 2. The lowest BCUT2D eigenvalue weighted by molar-refractivity contribution is 0.0982. The van der Waals surface area contributed by atoms with Crippen molar-refractivity contribution >= 4 is 72.7 Å². The van der Waals surface area contributed by atoms with Crippen LogP contribution in [0.25, 0.3) is 20.9 Å². The Morgan fingerprint density at radius 1 is 1.07 bits per heavy atom. The second-order valence-electron chi connectivity index (χ2n) is 6.08. The Bertz CT molecular complexity index is 1220. The molecule has 1 aromatic heterocycles. The quantitative estimate of drug-likeness (QED) is 0.404. The van der Waals surface area contributed by atoms with Crippen LogP contribution in [0.1, 0.15) is 9.67 Å². The minimum Gasteiger partial charge on any atom is -0.497 e. The number of methoxy groups -OCH3 is 1. The minimum absolute atomic E-state index is 0.214. The second-order valence-corrected chi connectivity index (χ2v) is 7.92. The van der Waals surface area contributed by atoms with Crippen molar-refractivity contribution < 1.29 is 9.53 Å². The summed E-state index contributed by atoms with van der Waals surface area (Å²) in [6.45, 7) is 0. The van der Waals surface area contributed by atoms with Gasteiger partial charge in [-0.15, -0.1) is 11.3 Å². The van der Waals surface area contributed by atoms with E-state index in [0.29, 0.717) is 15.6 Å². The van der Waals surface area contributed by atoms with Gasteiger partial charge in [-0.1, -0.05) is 41.9 Å². The topological polar surface area (TPSA) is 50.4 Å². The maximum atomic E-state index is 12.7. The molecule has 28 heavy (non-hydrogen) atoms. The van der Waals surface area contributed by atoms with Crippen LogP contribution in [-0.4, -0.2) is 18.1 Å². The molecule has 0 aliphatic rings. The summed E-state index contributed by atoms with van der Waals surface area (Å²) in [6, 6.07) is 19.4. The van der Waals surface area contributed by atoms with Gasteiger partial charge in [-0.05, 0) is 53.3 Å². The first kappa shape index (κ1) is 18.7. The van der Waals surface area contributed by atoms with Crippen molar-refractivity contribution in [3.05, 3.63) is 70.6 Å². The lowest BCUT2D eigenvalue weighted by atomic mass is 10.1. The Kier molecular flexibility index (Phi) is 5.17. The molecule has 2 N–H and O–H groups in total. The van der Waals surface area contributed by atoms with Gasteiger partial charge in [0.25, 0.3) is 5.91 Å². The van der Waals surface area contributed by atoms with Crippen molar-refractivity contribution in [3.63, 3.8) is 0 Å². The summed E-state index contributed by atoms with van der Waals surface area (Å²) in [5.41, 5.74) is 0.802. The van der Waals surface area contributed by atoms with Crippen LogP contribution in [0.5, 0.6) is 5.75 Å². The van der Waals surface area contributed by atoms with E-state index in [2.05, 4.69) is 10.6 Å². The van der Waals surface area contributed by atoms with E-state index in [1.54, 1.807) is 7.11 Å².